The molecule has 2 rings (SSSR count). The minimum Gasteiger partial charge on any atom is -0.496 e. The first-order valence-corrected chi connectivity index (χ1v) is 7.80. The largest absolute Gasteiger partial charge is 0.496 e. The maximum absolute atomic E-state index is 12.4. The summed E-state index contributed by atoms with van der Waals surface area (Å²) in [7, 11) is 1.58. The molecule has 0 spiro atoms. The zero-order valence-corrected chi connectivity index (χ0v) is 14.0. The Morgan fingerprint density at radius 3 is 2.91 bits per heavy atom. The van der Waals surface area contributed by atoms with E-state index >= 15 is 0 Å². The number of benzene rings is 1. The average Bonchev–Trinajstić information content (AvgIpc) is 2.94. The molecule has 1 aromatic carbocycles. The minimum absolute atomic E-state index is 0.159. The number of nitrogens with zero attached hydrogens (tertiary/aromatic N) is 1. The number of carbonyl (C=O) groups excluding carboxylic acids is 1. The van der Waals surface area contributed by atoms with Crippen LogP contribution < -0.4 is 10.1 Å². The van der Waals surface area contributed by atoms with E-state index in [0.717, 1.165) is 18.4 Å². The molecule has 0 unspecified atom stereocenters. The molecule has 2 N–H and O–H groups in total. The minimum atomic E-state index is -0.901. The normalized spacial score (nSPS) is 18.4. The lowest BCUT2D eigenvalue weighted by Crippen LogP contribution is -2.51. The van der Waals surface area contributed by atoms with Crippen LogP contribution in [0.1, 0.15) is 32.3 Å². The maximum Gasteiger partial charge on any atom is 0.318 e. The fourth-order valence-electron chi connectivity index (χ4n) is 2.90. The van der Waals surface area contributed by atoms with E-state index in [4.69, 9.17) is 16.3 Å². The van der Waals surface area contributed by atoms with Crippen LogP contribution in [0.15, 0.2) is 18.2 Å². The van der Waals surface area contributed by atoms with Crippen LogP contribution in [0.2, 0.25) is 5.02 Å². The summed E-state index contributed by atoms with van der Waals surface area (Å²) in [4.78, 5) is 14.1. The van der Waals surface area contributed by atoms with E-state index in [1.807, 2.05) is 0 Å². The third-order valence-corrected chi connectivity index (χ3v) is 4.24. The summed E-state index contributed by atoms with van der Waals surface area (Å²) in [5.41, 5.74) is -0.0796. The summed E-state index contributed by atoms with van der Waals surface area (Å²) in [5, 5.41) is 13.7. The SMILES string of the molecule is COc1ccc(Cl)cc1CNC(=O)N1CCC[C@H]1C(C)(C)O. The van der Waals surface area contributed by atoms with Crippen molar-refractivity contribution in [2.45, 2.75) is 44.9 Å². The lowest BCUT2D eigenvalue weighted by atomic mass is 9.97. The van der Waals surface area contributed by atoms with Gasteiger partial charge in [0.2, 0.25) is 0 Å². The monoisotopic (exact) mass is 326 g/mol. The lowest BCUT2D eigenvalue weighted by Gasteiger charge is -2.33. The number of methoxy groups -OCH3 is 1. The molecule has 1 saturated heterocycles. The number of hydrogen-bond donors (Lipinski definition) is 2. The number of amides is 2. The van der Waals surface area contributed by atoms with Crippen molar-refractivity contribution in [1.29, 1.82) is 0 Å². The third kappa shape index (κ3) is 3.84. The first-order valence-electron chi connectivity index (χ1n) is 7.42. The van der Waals surface area contributed by atoms with E-state index in [-0.39, 0.29) is 12.1 Å². The number of halogens is 1. The molecule has 6 heteroatoms. The van der Waals surface area contributed by atoms with E-state index in [2.05, 4.69) is 5.32 Å². The molecule has 22 heavy (non-hydrogen) atoms. The van der Waals surface area contributed by atoms with Crippen molar-refractivity contribution in [1.82, 2.24) is 10.2 Å². The van der Waals surface area contributed by atoms with Crippen LogP contribution in [0.25, 0.3) is 0 Å². The second kappa shape index (κ2) is 6.75. The zero-order valence-electron chi connectivity index (χ0n) is 13.2. The molecule has 122 valence electrons. The zero-order chi connectivity index (χ0) is 16.3. The van der Waals surface area contributed by atoms with Gasteiger partial charge in [0, 0.05) is 23.7 Å². The molecule has 0 aromatic heterocycles. The van der Waals surface area contributed by atoms with Crippen LogP contribution in [0.4, 0.5) is 4.79 Å². The molecule has 0 bridgehead atoms. The van der Waals surface area contributed by atoms with Crippen molar-refractivity contribution in [3.8, 4) is 5.75 Å². The molecule has 2 amide bonds. The Labute approximate surface area is 136 Å². The standard InChI is InChI=1S/C16H23ClN2O3/c1-16(2,21)14-5-4-8-19(14)15(20)18-10-11-9-12(17)6-7-13(11)22-3/h6-7,9,14,21H,4-5,8,10H2,1-3H3,(H,18,20)/t14-/m0/s1. The van der Waals surface area contributed by atoms with Crippen LogP contribution >= 0.6 is 11.6 Å². The molecule has 0 saturated carbocycles. The van der Waals surface area contributed by atoms with Crippen LogP contribution in [0.5, 0.6) is 5.75 Å². The third-order valence-electron chi connectivity index (χ3n) is 4.00. The van der Waals surface area contributed by atoms with Gasteiger partial charge in [0.15, 0.2) is 0 Å². The smallest absolute Gasteiger partial charge is 0.318 e. The highest BCUT2D eigenvalue weighted by molar-refractivity contribution is 6.30. The molecule has 1 aromatic rings. The van der Waals surface area contributed by atoms with E-state index < -0.39 is 5.60 Å². The van der Waals surface area contributed by atoms with E-state index in [0.29, 0.717) is 23.9 Å². The molecule has 0 aliphatic carbocycles. The van der Waals surface area contributed by atoms with Gasteiger partial charge in [-0.05, 0) is 44.9 Å². The summed E-state index contributed by atoms with van der Waals surface area (Å²) < 4.78 is 5.27. The summed E-state index contributed by atoms with van der Waals surface area (Å²) in [6.45, 7) is 4.47. The van der Waals surface area contributed by atoms with Gasteiger partial charge in [0.25, 0.3) is 0 Å². The Bertz CT molecular complexity index is 543. The molecular formula is C16H23ClN2O3. The van der Waals surface area contributed by atoms with Gasteiger partial charge in [0.1, 0.15) is 5.75 Å². The molecular weight excluding hydrogens is 304 g/mol. The predicted octanol–water partition coefficient (Wildman–Crippen LogP) is 2.79. The number of urea groups is 1. The van der Waals surface area contributed by atoms with Gasteiger partial charge < -0.3 is 20.1 Å². The first kappa shape index (κ1) is 16.9. The van der Waals surface area contributed by atoms with Gasteiger partial charge in [-0.2, -0.15) is 0 Å². The van der Waals surface area contributed by atoms with Gasteiger partial charge in [-0.3, -0.25) is 0 Å². The fraction of sp³-hybridized carbons (Fsp3) is 0.562. The Balaban J connectivity index is 2.02. The van der Waals surface area contributed by atoms with Gasteiger partial charge in [-0.15, -0.1) is 0 Å². The molecule has 5 nitrogen and oxygen atoms in total. The average molecular weight is 327 g/mol. The number of nitrogens with one attached hydrogen (secondary N) is 1. The van der Waals surface area contributed by atoms with Crippen molar-refractivity contribution in [2.75, 3.05) is 13.7 Å². The summed E-state index contributed by atoms with van der Waals surface area (Å²) in [6, 6.07) is 4.97. The van der Waals surface area contributed by atoms with E-state index in [1.165, 1.54) is 0 Å². The highest BCUT2D eigenvalue weighted by atomic mass is 35.5. The van der Waals surface area contributed by atoms with Crippen molar-refractivity contribution < 1.29 is 14.6 Å². The Kier molecular flexibility index (Phi) is 5.19. The van der Waals surface area contributed by atoms with Gasteiger partial charge in [-0.25, -0.2) is 4.79 Å². The molecule has 0 radical (unpaired) electrons. The number of rotatable bonds is 4. The molecule has 1 fully saturated rings. The Hall–Kier alpha value is -1.46. The molecule has 1 heterocycles. The molecule has 1 aliphatic heterocycles. The topological polar surface area (TPSA) is 61.8 Å². The highest BCUT2D eigenvalue weighted by Crippen LogP contribution is 2.27. The van der Waals surface area contributed by atoms with E-state index in [1.54, 1.807) is 44.1 Å². The van der Waals surface area contributed by atoms with Crippen molar-refractivity contribution >= 4 is 17.6 Å². The first-order chi connectivity index (χ1) is 10.3. The van der Waals surface area contributed by atoms with Crippen LogP contribution in [0.3, 0.4) is 0 Å². The van der Waals surface area contributed by atoms with Crippen molar-refractivity contribution in [3.05, 3.63) is 28.8 Å². The highest BCUT2D eigenvalue weighted by Gasteiger charge is 2.38. The number of ether oxygens (including phenoxy) is 1. The van der Waals surface area contributed by atoms with Gasteiger partial charge >= 0.3 is 6.03 Å². The van der Waals surface area contributed by atoms with Gasteiger partial charge in [-0.1, -0.05) is 11.6 Å². The van der Waals surface area contributed by atoms with Crippen molar-refractivity contribution in [3.63, 3.8) is 0 Å². The van der Waals surface area contributed by atoms with E-state index in [9.17, 15) is 9.90 Å². The lowest BCUT2D eigenvalue weighted by molar-refractivity contribution is 0.00978. The molecule has 1 aliphatic rings. The van der Waals surface area contributed by atoms with Crippen LogP contribution in [0, 0.1) is 0 Å². The second-order valence-corrected chi connectivity index (χ2v) is 6.56. The Morgan fingerprint density at radius 2 is 2.27 bits per heavy atom. The molecule has 1 atom stereocenters. The summed E-state index contributed by atoms with van der Waals surface area (Å²) >= 11 is 5.99. The van der Waals surface area contributed by atoms with Crippen LogP contribution in [-0.2, 0) is 6.54 Å². The van der Waals surface area contributed by atoms with Crippen molar-refractivity contribution in [2.24, 2.45) is 0 Å². The number of aliphatic hydroxyl groups is 1. The number of likely N-dealkylation sites (tertiary alicyclic amines) is 1. The maximum atomic E-state index is 12.4. The summed E-state index contributed by atoms with van der Waals surface area (Å²) in [5.74, 6) is 0.685. The summed E-state index contributed by atoms with van der Waals surface area (Å²) in [6.07, 6.45) is 1.72. The number of carbonyl (C=O) groups is 1. The van der Waals surface area contributed by atoms with Crippen LogP contribution in [-0.4, -0.2) is 41.3 Å². The predicted molar refractivity (Wildman–Crippen MR) is 86.3 cm³/mol. The second-order valence-electron chi connectivity index (χ2n) is 6.12. The fourth-order valence-corrected chi connectivity index (χ4v) is 3.10. The quantitative estimate of drug-likeness (QED) is 0.894. The number of hydrogen-bond acceptors (Lipinski definition) is 3. The Morgan fingerprint density at radius 1 is 1.55 bits per heavy atom. The van der Waals surface area contributed by atoms with Gasteiger partial charge in [0.05, 0.1) is 18.8 Å².